The molecule has 0 radical (unpaired) electrons. The molecule has 7 nitrogen and oxygen atoms in total. The maximum atomic E-state index is 6.38. The third kappa shape index (κ3) is 3.82. The predicted molar refractivity (Wildman–Crippen MR) is 111 cm³/mol. The second-order valence-electron chi connectivity index (χ2n) is 7.47. The molecule has 3 aromatic rings. The van der Waals surface area contributed by atoms with Crippen LogP contribution in [-0.4, -0.2) is 40.0 Å². The molecule has 29 heavy (non-hydrogen) atoms. The van der Waals surface area contributed by atoms with Crippen LogP contribution in [0.1, 0.15) is 35.9 Å². The first kappa shape index (κ1) is 18.8. The van der Waals surface area contributed by atoms with Crippen LogP contribution in [-0.2, 0) is 13.0 Å². The molecule has 5 rings (SSSR count). The maximum absolute atomic E-state index is 6.38. The van der Waals surface area contributed by atoms with E-state index in [-0.39, 0.29) is 5.92 Å². The molecule has 2 aromatic heterocycles. The highest BCUT2D eigenvalue weighted by Gasteiger charge is 2.25. The molecular weight excluding hydrogens is 411 g/mol. The van der Waals surface area contributed by atoms with E-state index in [1.54, 1.807) is 6.07 Å². The second kappa shape index (κ2) is 7.89. The van der Waals surface area contributed by atoms with Gasteiger partial charge in [-0.3, -0.25) is 0 Å². The van der Waals surface area contributed by atoms with Crippen molar-refractivity contribution in [3.63, 3.8) is 0 Å². The van der Waals surface area contributed by atoms with E-state index in [4.69, 9.17) is 27.7 Å². The number of benzene rings is 1. The zero-order valence-electron chi connectivity index (χ0n) is 15.7. The van der Waals surface area contributed by atoms with Gasteiger partial charge in [0, 0.05) is 29.7 Å². The summed E-state index contributed by atoms with van der Waals surface area (Å²) in [5.41, 5.74) is 3.61. The number of nitrogens with zero attached hydrogens (tertiary/aromatic N) is 5. The van der Waals surface area contributed by atoms with Gasteiger partial charge in [0.1, 0.15) is 5.69 Å². The Morgan fingerprint density at radius 2 is 2.14 bits per heavy atom. The van der Waals surface area contributed by atoms with Crippen LogP contribution in [0.15, 0.2) is 28.8 Å². The fraction of sp³-hybridized carbons (Fsp3) is 0.400. The van der Waals surface area contributed by atoms with E-state index < -0.39 is 0 Å². The number of anilines is 1. The number of hydrogen-bond acceptors (Lipinski definition) is 7. The first-order valence-corrected chi connectivity index (χ1v) is 10.5. The van der Waals surface area contributed by atoms with Crippen LogP contribution in [0.4, 0.5) is 5.69 Å². The monoisotopic (exact) mass is 430 g/mol. The van der Waals surface area contributed by atoms with Crippen LogP contribution in [0.2, 0.25) is 10.0 Å². The molecule has 0 bridgehead atoms. The van der Waals surface area contributed by atoms with Gasteiger partial charge in [-0.15, -0.1) is 5.10 Å². The number of nitrogens with one attached hydrogen (secondary N) is 1. The molecular formula is C20H20Cl2N6O. The highest BCUT2D eigenvalue weighted by molar-refractivity contribution is 6.33. The normalized spacial score (nSPS) is 18.8. The summed E-state index contributed by atoms with van der Waals surface area (Å²) >= 11 is 12.5. The SMILES string of the molecule is Clc1ccc(Cl)c(CN2CCCc3nnc(-c4noc(C5CCNC5)n4)cc32)c1. The topological polar surface area (TPSA) is 80.0 Å². The summed E-state index contributed by atoms with van der Waals surface area (Å²) in [6, 6.07) is 7.55. The smallest absolute Gasteiger partial charge is 0.231 e. The van der Waals surface area contributed by atoms with Crippen LogP contribution in [0.5, 0.6) is 0 Å². The molecule has 9 heteroatoms. The molecule has 0 aliphatic carbocycles. The Morgan fingerprint density at radius 3 is 3.00 bits per heavy atom. The summed E-state index contributed by atoms with van der Waals surface area (Å²) in [5.74, 6) is 1.41. The molecule has 1 unspecified atom stereocenters. The lowest BCUT2D eigenvalue weighted by Gasteiger charge is -2.30. The average Bonchev–Trinajstić information content (AvgIpc) is 3.42. The zero-order valence-corrected chi connectivity index (χ0v) is 17.2. The summed E-state index contributed by atoms with van der Waals surface area (Å²) in [6.45, 7) is 3.41. The Bertz CT molecular complexity index is 1030. The highest BCUT2D eigenvalue weighted by atomic mass is 35.5. The summed E-state index contributed by atoms with van der Waals surface area (Å²) in [6.07, 6.45) is 2.92. The van der Waals surface area contributed by atoms with Gasteiger partial charge in [0.15, 0.2) is 0 Å². The minimum Gasteiger partial charge on any atom is -0.366 e. The maximum Gasteiger partial charge on any atom is 0.231 e. The van der Waals surface area contributed by atoms with Crippen molar-refractivity contribution in [3.05, 3.63) is 51.5 Å². The van der Waals surface area contributed by atoms with Gasteiger partial charge in [0.25, 0.3) is 0 Å². The van der Waals surface area contributed by atoms with E-state index in [2.05, 4.69) is 30.6 Å². The van der Waals surface area contributed by atoms with Crippen LogP contribution < -0.4 is 10.2 Å². The molecule has 150 valence electrons. The molecule has 1 saturated heterocycles. The minimum atomic E-state index is 0.267. The van der Waals surface area contributed by atoms with Crippen molar-refractivity contribution in [2.75, 3.05) is 24.5 Å². The molecule has 1 N–H and O–H groups in total. The van der Waals surface area contributed by atoms with Crippen molar-refractivity contribution >= 4 is 28.9 Å². The minimum absolute atomic E-state index is 0.267. The summed E-state index contributed by atoms with van der Waals surface area (Å²) in [5, 5.41) is 17.6. The lowest BCUT2D eigenvalue weighted by atomic mass is 10.1. The van der Waals surface area contributed by atoms with Crippen LogP contribution in [0.3, 0.4) is 0 Å². The van der Waals surface area contributed by atoms with Crippen molar-refractivity contribution in [2.24, 2.45) is 0 Å². The third-order valence-electron chi connectivity index (χ3n) is 5.48. The van der Waals surface area contributed by atoms with Crippen LogP contribution >= 0.6 is 23.2 Å². The van der Waals surface area contributed by atoms with Crippen molar-refractivity contribution in [1.82, 2.24) is 25.7 Å². The molecule has 2 aliphatic heterocycles. The number of aromatic nitrogens is 4. The van der Waals surface area contributed by atoms with Crippen molar-refractivity contribution in [2.45, 2.75) is 31.7 Å². The predicted octanol–water partition coefficient (Wildman–Crippen LogP) is 3.86. The Labute approximate surface area is 178 Å². The number of halogens is 2. The Hall–Kier alpha value is -2.22. The third-order valence-corrected chi connectivity index (χ3v) is 6.08. The Balaban J connectivity index is 1.44. The van der Waals surface area contributed by atoms with Gasteiger partial charge in [-0.1, -0.05) is 28.4 Å². The first-order valence-electron chi connectivity index (χ1n) is 9.77. The zero-order chi connectivity index (χ0) is 19.8. The number of aryl methyl sites for hydroxylation is 1. The first-order chi connectivity index (χ1) is 14.2. The van der Waals surface area contributed by atoms with E-state index in [0.717, 1.165) is 55.8 Å². The summed E-state index contributed by atoms with van der Waals surface area (Å²) in [7, 11) is 0. The summed E-state index contributed by atoms with van der Waals surface area (Å²) < 4.78 is 5.48. The van der Waals surface area contributed by atoms with E-state index in [0.29, 0.717) is 34.0 Å². The lowest BCUT2D eigenvalue weighted by molar-refractivity contribution is 0.359. The van der Waals surface area contributed by atoms with Crippen LogP contribution in [0.25, 0.3) is 11.5 Å². The highest BCUT2D eigenvalue weighted by Crippen LogP contribution is 2.32. The average molecular weight is 431 g/mol. The molecule has 0 spiro atoms. The van der Waals surface area contributed by atoms with Crippen molar-refractivity contribution in [1.29, 1.82) is 0 Å². The standard InChI is InChI=1S/C20H20Cl2N6O/c21-14-3-4-15(22)13(8-14)11-28-7-1-2-16-18(28)9-17(26-25-16)19-24-20(29-27-19)12-5-6-23-10-12/h3-4,8-9,12,23H,1-2,5-7,10-11H2. The van der Waals surface area contributed by atoms with Crippen LogP contribution in [0, 0.1) is 0 Å². The fourth-order valence-corrected chi connectivity index (χ4v) is 4.30. The Kier molecular flexibility index (Phi) is 5.11. The van der Waals surface area contributed by atoms with Gasteiger partial charge in [0.2, 0.25) is 11.7 Å². The number of hydrogen-bond donors (Lipinski definition) is 1. The van der Waals surface area contributed by atoms with Gasteiger partial charge in [-0.2, -0.15) is 10.1 Å². The Morgan fingerprint density at radius 1 is 1.21 bits per heavy atom. The quantitative estimate of drug-likeness (QED) is 0.672. The van der Waals surface area contributed by atoms with Gasteiger partial charge in [-0.05, 0) is 55.6 Å². The van der Waals surface area contributed by atoms with E-state index in [1.807, 2.05) is 18.2 Å². The van der Waals surface area contributed by atoms with Gasteiger partial charge < -0.3 is 14.7 Å². The largest absolute Gasteiger partial charge is 0.366 e. The molecule has 4 heterocycles. The van der Waals surface area contributed by atoms with Gasteiger partial charge >= 0.3 is 0 Å². The molecule has 2 aliphatic rings. The number of fused-ring (bicyclic) bond motifs is 1. The number of rotatable bonds is 4. The molecule has 1 fully saturated rings. The van der Waals surface area contributed by atoms with Gasteiger partial charge in [0.05, 0.1) is 17.3 Å². The van der Waals surface area contributed by atoms with Crippen molar-refractivity contribution in [3.8, 4) is 11.5 Å². The summed E-state index contributed by atoms with van der Waals surface area (Å²) in [4.78, 5) is 6.83. The molecule has 1 aromatic carbocycles. The molecule has 0 saturated carbocycles. The fourth-order valence-electron chi connectivity index (χ4n) is 3.93. The van der Waals surface area contributed by atoms with E-state index >= 15 is 0 Å². The lowest BCUT2D eigenvalue weighted by Crippen LogP contribution is -2.29. The van der Waals surface area contributed by atoms with Crippen molar-refractivity contribution < 1.29 is 4.52 Å². The molecule has 1 atom stereocenters. The van der Waals surface area contributed by atoms with E-state index in [1.165, 1.54) is 0 Å². The molecule has 0 amide bonds. The van der Waals surface area contributed by atoms with E-state index in [9.17, 15) is 0 Å². The second-order valence-corrected chi connectivity index (χ2v) is 8.31. The van der Waals surface area contributed by atoms with Gasteiger partial charge in [-0.25, -0.2) is 0 Å².